The van der Waals surface area contributed by atoms with Crippen molar-refractivity contribution in [3.05, 3.63) is 29.8 Å². The number of hydrogen-bond acceptors (Lipinski definition) is 8. The molecule has 26 heavy (non-hydrogen) atoms. The lowest BCUT2D eigenvalue weighted by Crippen LogP contribution is -2.42. The maximum Gasteiger partial charge on any atom is 0.407 e. The van der Waals surface area contributed by atoms with Crippen LogP contribution in [0.4, 0.5) is 4.79 Å². The Morgan fingerprint density at radius 1 is 1.19 bits per heavy atom. The molecule has 1 aliphatic rings. The number of rotatable bonds is 7. The SMILES string of the molecule is COc1ccc(COC(=O)NCC(O)C(=O)ON2C(=O)CCC2=O)cc1. The first-order valence-electron chi connectivity index (χ1n) is 7.70. The number of aliphatic hydroxyl groups is 1. The molecular formula is C16H18N2O8. The van der Waals surface area contributed by atoms with Crippen LogP contribution in [-0.2, 0) is 30.6 Å². The number of carbonyl (C=O) groups excluding carboxylic acids is 4. The number of alkyl carbamates (subject to hydrolysis) is 1. The standard InChI is InChI=1S/C16H18N2O8/c1-24-11-4-2-10(3-5-11)9-25-16(23)17-8-12(19)15(22)26-18-13(20)6-7-14(18)21/h2-5,12,19H,6-9H2,1H3,(H,17,23). The zero-order valence-electron chi connectivity index (χ0n) is 14.0. The second-order valence-corrected chi connectivity index (χ2v) is 5.31. The van der Waals surface area contributed by atoms with Gasteiger partial charge in [0.25, 0.3) is 11.8 Å². The molecule has 1 heterocycles. The van der Waals surface area contributed by atoms with Crippen molar-refractivity contribution in [3.63, 3.8) is 0 Å². The van der Waals surface area contributed by atoms with E-state index in [0.29, 0.717) is 16.4 Å². The molecule has 0 spiro atoms. The number of imide groups is 1. The second-order valence-electron chi connectivity index (χ2n) is 5.31. The molecule has 1 atom stereocenters. The Kier molecular flexibility index (Phi) is 6.50. The minimum atomic E-state index is -1.76. The molecule has 1 saturated heterocycles. The number of hydroxylamine groups is 2. The number of methoxy groups -OCH3 is 1. The molecule has 0 saturated carbocycles. The van der Waals surface area contributed by atoms with E-state index in [2.05, 4.69) is 10.2 Å². The predicted molar refractivity (Wildman–Crippen MR) is 84.4 cm³/mol. The molecule has 1 fully saturated rings. The molecule has 2 N–H and O–H groups in total. The molecule has 10 heteroatoms. The topological polar surface area (TPSA) is 131 Å². The van der Waals surface area contributed by atoms with Crippen LogP contribution in [0.1, 0.15) is 18.4 Å². The number of carbonyl (C=O) groups is 4. The third kappa shape index (κ3) is 5.18. The van der Waals surface area contributed by atoms with Gasteiger partial charge in [0.2, 0.25) is 0 Å². The summed E-state index contributed by atoms with van der Waals surface area (Å²) >= 11 is 0. The summed E-state index contributed by atoms with van der Waals surface area (Å²) in [4.78, 5) is 50.4. The maximum atomic E-state index is 11.6. The fourth-order valence-electron chi connectivity index (χ4n) is 1.99. The molecule has 1 aromatic rings. The van der Waals surface area contributed by atoms with Crippen molar-refractivity contribution in [1.29, 1.82) is 0 Å². The van der Waals surface area contributed by atoms with Crippen molar-refractivity contribution in [3.8, 4) is 5.75 Å². The van der Waals surface area contributed by atoms with Crippen molar-refractivity contribution in [2.75, 3.05) is 13.7 Å². The molecule has 0 radical (unpaired) electrons. The molecule has 1 aromatic carbocycles. The van der Waals surface area contributed by atoms with Crippen molar-refractivity contribution in [1.82, 2.24) is 10.4 Å². The average molecular weight is 366 g/mol. The Morgan fingerprint density at radius 2 is 1.81 bits per heavy atom. The summed E-state index contributed by atoms with van der Waals surface area (Å²) in [7, 11) is 1.53. The van der Waals surface area contributed by atoms with E-state index in [9.17, 15) is 24.3 Å². The van der Waals surface area contributed by atoms with Gasteiger partial charge in [-0.3, -0.25) is 9.59 Å². The van der Waals surface area contributed by atoms with E-state index >= 15 is 0 Å². The average Bonchev–Trinajstić information content (AvgIpc) is 2.96. The van der Waals surface area contributed by atoms with Gasteiger partial charge < -0.3 is 24.7 Å². The highest BCUT2D eigenvalue weighted by Crippen LogP contribution is 2.13. The van der Waals surface area contributed by atoms with E-state index in [4.69, 9.17) is 9.47 Å². The summed E-state index contributed by atoms with van der Waals surface area (Å²) in [5.41, 5.74) is 0.715. The third-order valence-electron chi connectivity index (χ3n) is 3.43. The summed E-state index contributed by atoms with van der Waals surface area (Å²) in [6, 6.07) is 6.83. The smallest absolute Gasteiger partial charge is 0.407 e. The van der Waals surface area contributed by atoms with E-state index in [0.717, 1.165) is 0 Å². The van der Waals surface area contributed by atoms with Crippen LogP contribution in [0.15, 0.2) is 24.3 Å². The number of nitrogens with zero attached hydrogens (tertiary/aromatic N) is 1. The Bertz CT molecular complexity index is 672. The Balaban J connectivity index is 1.71. The van der Waals surface area contributed by atoms with Crippen molar-refractivity contribution in [2.45, 2.75) is 25.6 Å². The third-order valence-corrected chi connectivity index (χ3v) is 3.43. The fourth-order valence-corrected chi connectivity index (χ4v) is 1.99. The Morgan fingerprint density at radius 3 is 2.38 bits per heavy atom. The summed E-state index contributed by atoms with van der Waals surface area (Å²) in [5.74, 6) is -1.90. The predicted octanol–water partition coefficient (Wildman–Crippen LogP) is -0.111. The van der Waals surface area contributed by atoms with E-state index in [1.807, 2.05) is 0 Å². The summed E-state index contributed by atoms with van der Waals surface area (Å²) in [6.45, 7) is -0.524. The molecule has 2 rings (SSSR count). The molecule has 1 aliphatic heterocycles. The molecular weight excluding hydrogens is 348 g/mol. The number of ether oxygens (including phenoxy) is 2. The Hall–Kier alpha value is -3.14. The van der Waals surface area contributed by atoms with Gasteiger partial charge in [-0.05, 0) is 17.7 Å². The lowest BCUT2D eigenvalue weighted by atomic mass is 10.2. The molecule has 10 nitrogen and oxygen atoms in total. The maximum absolute atomic E-state index is 11.6. The molecule has 140 valence electrons. The lowest BCUT2D eigenvalue weighted by molar-refractivity contribution is -0.203. The normalized spacial score (nSPS) is 14.8. The van der Waals surface area contributed by atoms with E-state index in [1.54, 1.807) is 24.3 Å². The van der Waals surface area contributed by atoms with E-state index < -0.39 is 36.5 Å². The van der Waals surface area contributed by atoms with Crippen LogP contribution in [0, 0.1) is 0 Å². The van der Waals surface area contributed by atoms with E-state index in [1.165, 1.54) is 7.11 Å². The number of nitrogens with one attached hydrogen (secondary N) is 1. The number of aliphatic hydroxyl groups excluding tert-OH is 1. The van der Waals surface area contributed by atoms with Crippen LogP contribution in [0.25, 0.3) is 0 Å². The van der Waals surface area contributed by atoms with Crippen LogP contribution < -0.4 is 10.1 Å². The monoisotopic (exact) mass is 366 g/mol. The van der Waals surface area contributed by atoms with E-state index in [-0.39, 0.29) is 19.4 Å². The fraction of sp³-hybridized carbons (Fsp3) is 0.375. The lowest BCUT2D eigenvalue weighted by Gasteiger charge is -2.16. The minimum Gasteiger partial charge on any atom is -0.497 e. The summed E-state index contributed by atoms with van der Waals surface area (Å²) in [6.07, 6.45) is -2.73. The second kappa shape index (κ2) is 8.81. The largest absolute Gasteiger partial charge is 0.497 e. The van der Waals surface area contributed by atoms with Crippen LogP contribution in [0.3, 0.4) is 0 Å². The van der Waals surface area contributed by atoms with Gasteiger partial charge in [-0.2, -0.15) is 0 Å². The minimum absolute atomic E-state index is 0.0207. The summed E-state index contributed by atoms with van der Waals surface area (Å²) < 4.78 is 9.93. The van der Waals surface area contributed by atoms with Crippen molar-refractivity contribution < 1.29 is 38.6 Å². The number of amides is 3. The van der Waals surface area contributed by atoms with Gasteiger partial charge in [0.05, 0.1) is 13.7 Å². The molecule has 0 aromatic heterocycles. The highest BCUT2D eigenvalue weighted by atomic mass is 16.7. The molecule has 3 amide bonds. The van der Waals surface area contributed by atoms with Crippen LogP contribution >= 0.6 is 0 Å². The van der Waals surface area contributed by atoms with Crippen LogP contribution in [0.5, 0.6) is 5.75 Å². The highest BCUT2D eigenvalue weighted by molar-refractivity contribution is 6.01. The van der Waals surface area contributed by atoms with Gasteiger partial charge in [0, 0.05) is 12.8 Å². The van der Waals surface area contributed by atoms with Crippen LogP contribution in [0.2, 0.25) is 0 Å². The van der Waals surface area contributed by atoms with Gasteiger partial charge in [0.1, 0.15) is 12.4 Å². The number of hydrogen-bond donors (Lipinski definition) is 2. The molecule has 0 bridgehead atoms. The van der Waals surface area contributed by atoms with Gasteiger partial charge >= 0.3 is 12.1 Å². The summed E-state index contributed by atoms with van der Waals surface area (Å²) in [5, 5.41) is 12.1. The first-order valence-corrected chi connectivity index (χ1v) is 7.70. The number of benzene rings is 1. The zero-order chi connectivity index (χ0) is 19.1. The highest BCUT2D eigenvalue weighted by Gasteiger charge is 2.34. The van der Waals surface area contributed by atoms with Gasteiger partial charge in [-0.25, -0.2) is 9.59 Å². The van der Waals surface area contributed by atoms with Gasteiger partial charge in [0.15, 0.2) is 6.10 Å². The molecule has 1 unspecified atom stereocenters. The van der Waals surface area contributed by atoms with Crippen molar-refractivity contribution >= 4 is 23.9 Å². The first kappa shape index (κ1) is 19.2. The quantitative estimate of drug-likeness (QED) is 0.639. The Labute approximate surface area is 148 Å². The molecule has 0 aliphatic carbocycles. The van der Waals surface area contributed by atoms with Gasteiger partial charge in [-0.15, -0.1) is 5.06 Å². The first-order chi connectivity index (χ1) is 12.4. The van der Waals surface area contributed by atoms with Crippen molar-refractivity contribution in [2.24, 2.45) is 0 Å². The van der Waals surface area contributed by atoms with Crippen LogP contribution in [-0.4, -0.2) is 53.8 Å². The zero-order valence-corrected chi connectivity index (χ0v) is 14.0. The van der Waals surface area contributed by atoms with Gasteiger partial charge in [-0.1, -0.05) is 12.1 Å².